The Morgan fingerprint density at radius 2 is 2.22 bits per heavy atom. The first-order chi connectivity index (χ1) is 8.70. The number of nitrogens with one attached hydrogen (secondary N) is 1. The molecule has 1 aromatic rings. The Bertz CT molecular complexity index is 362. The molecule has 1 unspecified atom stereocenters. The van der Waals surface area contributed by atoms with Crippen molar-refractivity contribution in [3.63, 3.8) is 0 Å². The molecule has 0 bridgehead atoms. The average Bonchev–Trinajstić information content (AvgIpc) is 2.81. The number of hydrogen-bond donors (Lipinski definition) is 1. The van der Waals surface area contributed by atoms with Crippen LogP contribution in [0, 0.1) is 0 Å². The van der Waals surface area contributed by atoms with E-state index >= 15 is 0 Å². The number of nitrogens with zero attached hydrogens (tertiary/aromatic N) is 4. The topological polar surface area (TPSA) is 36.3 Å². The van der Waals surface area contributed by atoms with Gasteiger partial charge in [-0.25, -0.2) is 0 Å². The van der Waals surface area contributed by atoms with Gasteiger partial charge in [0, 0.05) is 51.5 Å². The summed E-state index contributed by atoms with van der Waals surface area (Å²) >= 11 is 0. The number of rotatable bonds is 5. The lowest BCUT2D eigenvalue weighted by molar-refractivity contribution is 0.113. The van der Waals surface area contributed by atoms with Crippen LogP contribution in [0.5, 0.6) is 0 Å². The highest BCUT2D eigenvalue weighted by atomic mass is 15.3. The highest BCUT2D eigenvalue weighted by Crippen LogP contribution is 2.05. The molecule has 2 rings (SSSR count). The van der Waals surface area contributed by atoms with Crippen LogP contribution in [0.3, 0.4) is 0 Å². The first-order valence-corrected chi connectivity index (χ1v) is 6.81. The summed E-state index contributed by atoms with van der Waals surface area (Å²) in [5.41, 5.74) is 1.27. The fourth-order valence-electron chi connectivity index (χ4n) is 2.48. The van der Waals surface area contributed by atoms with Crippen molar-refractivity contribution in [1.29, 1.82) is 0 Å². The monoisotopic (exact) mass is 251 g/mol. The molecule has 1 N–H and O–H groups in total. The molecule has 2 heterocycles. The Morgan fingerprint density at radius 1 is 1.39 bits per heavy atom. The molecule has 0 aliphatic carbocycles. The smallest absolute Gasteiger partial charge is 0.0521 e. The van der Waals surface area contributed by atoms with E-state index in [1.165, 1.54) is 12.2 Å². The molecule has 0 saturated carbocycles. The van der Waals surface area contributed by atoms with Crippen LogP contribution in [-0.2, 0) is 13.1 Å². The predicted molar refractivity (Wildman–Crippen MR) is 73.5 cm³/mol. The summed E-state index contributed by atoms with van der Waals surface area (Å²) in [4.78, 5) is 4.85. The molecule has 0 spiro atoms. The van der Waals surface area contributed by atoms with Crippen LogP contribution in [0.1, 0.15) is 12.6 Å². The summed E-state index contributed by atoms with van der Waals surface area (Å²) in [6.07, 6.45) is 1.88. The van der Waals surface area contributed by atoms with Crippen LogP contribution < -0.4 is 5.32 Å². The second-order valence-corrected chi connectivity index (χ2v) is 5.17. The van der Waals surface area contributed by atoms with Crippen LogP contribution in [0.4, 0.5) is 0 Å². The first kappa shape index (κ1) is 13.5. The summed E-state index contributed by atoms with van der Waals surface area (Å²) in [5.74, 6) is 0. The maximum absolute atomic E-state index is 4.29. The Kier molecular flexibility index (Phi) is 4.74. The largest absolute Gasteiger partial charge is 0.310 e. The van der Waals surface area contributed by atoms with Gasteiger partial charge in [0.05, 0.1) is 5.69 Å². The molecular weight excluding hydrogens is 226 g/mol. The van der Waals surface area contributed by atoms with Gasteiger partial charge < -0.3 is 10.2 Å². The molecule has 102 valence electrons. The SMILES string of the molecule is CCn1nccc1CNCC1CN(C)CCN1C. The van der Waals surface area contributed by atoms with E-state index in [9.17, 15) is 0 Å². The van der Waals surface area contributed by atoms with Crippen molar-refractivity contribution in [2.45, 2.75) is 26.1 Å². The number of aryl methyl sites for hydroxylation is 1. The number of likely N-dealkylation sites (N-methyl/N-ethyl adjacent to an activating group) is 2. The maximum atomic E-state index is 4.29. The minimum absolute atomic E-state index is 0.613. The summed E-state index contributed by atoms with van der Waals surface area (Å²) in [5, 5.41) is 7.84. The van der Waals surface area contributed by atoms with E-state index in [1.807, 2.05) is 10.9 Å². The first-order valence-electron chi connectivity index (χ1n) is 6.81. The minimum Gasteiger partial charge on any atom is -0.310 e. The van der Waals surface area contributed by atoms with Gasteiger partial charge in [-0.2, -0.15) is 5.10 Å². The van der Waals surface area contributed by atoms with Crippen molar-refractivity contribution in [3.8, 4) is 0 Å². The van der Waals surface area contributed by atoms with Gasteiger partial charge in [-0.05, 0) is 27.1 Å². The summed E-state index contributed by atoms with van der Waals surface area (Å²) in [7, 11) is 4.42. The second kappa shape index (κ2) is 6.31. The van der Waals surface area contributed by atoms with Gasteiger partial charge >= 0.3 is 0 Å². The molecule has 0 amide bonds. The van der Waals surface area contributed by atoms with Crippen LogP contribution in [0.25, 0.3) is 0 Å². The standard InChI is InChI=1S/C13H25N5/c1-4-18-12(5-6-15-18)9-14-10-13-11-16(2)7-8-17(13)3/h5-6,13-14H,4,7-11H2,1-3H3. The van der Waals surface area contributed by atoms with Crippen LogP contribution in [0.15, 0.2) is 12.3 Å². The molecule has 5 nitrogen and oxygen atoms in total. The van der Waals surface area contributed by atoms with Crippen molar-refractivity contribution < 1.29 is 0 Å². The van der Waals surface area contributed by atoms with Gasteiger partial charge in [-0.3, -0.25) is 9.58 Å². The van der Waals surface area contributed by atoms with Crippen molar-refractivity contribution in [2.75, 3.05) is 40.3 Å². The van der Waals surface area contributed by atoms with E-state index in [1.54, 1.807) is 0 Å². The van der Waals surface area contributed by atoms with Gasteiger partial charge in [0.1, 0.15) is 0 Å². The lowest BCUT2D eigenvalue weighted by Crippen LogP contribution is -2.53. The molecule has 18 heavy (non-hydrogen) atoms. The molecule has 1 aromatic heterocycles. The highest BCUT2D eigenvalue weighted by Gasteiger charge is 2.21. The molecule has 0 radical (unpaired) electrons. The molecule has 0 aromatic carbocycles. The Morgan fingerprint density at radius 3 is 3.00 bits per heavy atom. The van der Waals surface area contributed by atoms with Gasteiger partial charge in [0.25, 0.3) is 0 Å². The molecule has 1 fully saturated rings. The van der Waals surface area contributed by atoms with Gasteiger partial charge in [-0.15, -0.1) is 0 Å². The highest BCUT2D eigenvalue weighted by molar-refractivity contribution is 5.00. The van der Waals surface area contributed by atoms with Gasteiger partial charge in [-0.1, -0.05) is 0 Å². The number of aromatic nitrogens is 2. The number of piperazine rings is 1. The van der Waals surface area contributed by atoms with Crippen molar-refractivity contribution in [1.82, 2.24) is 24.9 Å². The van der Waals surface area contributed by atoms with E-state index in [0.29, 0.717) is 6.04 Å². The van der Waals surface area contributed by atoms with E-state index in [2.05, 4.69) is 47.3 Å². The third kappa shape index (κ3) is 3.31. The second-order valence-electron chi connectivity index (χ2n) is 5.17. The van der Waals surface area contributed by atoms with Gasteiger partial charge in [0.15, 0.2) is 0 Å². The molecule has 1 saturated heterocycles. The third-order valence-corrected chi connectivity index (χ3v) is 3.77. The van der Waals surface area contributed by atoms with Crippen LogP contribution >= 0.6 is 0 Å². The minimum atomic E-state index is 0.613. The summed E-state index contributed by atoms with van der Waals surface area (Å²) in [6.45, 7) is 8.50. The Hall–Kier alpha value is -0.910. The molecule has 1 aliphatic rings. The maximum Gasteiger partial charge on any atom is 0.0521 e. The molecule has 1 aliphatic heterocycles. The third-order valence-electron chi connectivity index (χ3n) is 3.77. The molecule has 1 atom stereocenters. The fourth-order valence-corrected chi connectivity index (χ4v) is 2.48. The lowest BCUT2D eigenvalue weighted by atomic mass is 10.2. The zero-order valence-electron chi connectivity index (χ0n) is 11.8. The Balaban J connectivity index is 1.77. The summed E-state index contributed by atoms with van der Waals surface area (Å²) < 4.78 is 2.05. The normalized spacial score (nSPS) is 22.5. The zero-order chi connectivity index (χ0) is 13.0. The van der Waals surface area contributed by atoms with Crippen molar-refractivity contribution >= 4 is 0 Å². The molecule has 5 heteroatoms. The fraction of sp³-hybridized carbons (Fsp3) is 0.769. The van der Waals surface area contributed by atoms with Crippen LogP contribution in [0.2, 0.25) is 0 Å². The molecular formula is C13H25N5. The van der Waals surface area contributed by atoms with Crippen LogP contribution in [-0.4, -0.2) is 65.9 Å². The van der Waals surface area contributed by atoms with E-state index in [4.69, 9.17) is 0 Å². The summed E-state index contributed by atoms with van der Waals surface area (Å²) in [6, 6.07) is 2.70. The average molecular weight is 251 g/mol. The van der Waals surface area contributed by atoms with E-state index in [0.717, 1.165) is 32.7 Å². The van der Waals surface area contributed by atoms with E-state index in [-0.39, 0.29) is 0 Å². The predicted octanol–water partition coefficient (Wildman–Crippen LogP) is 0.238. The zero-order valence-corrected chi connectivity index (χ0v) is 11.8. The lowest BCUT2D eigenvalue weighted by Gasteiger charge is -2.37. The quantitative estimate of drug-likeness (QED) is 0.813. The van der Waals surface area contributed by atoms with Gasteiger partial charge in [0.2, 0.25) is 0 Å². The Labute approximate surface area is 110 Å². The van der Waals surface area contributed by atoms with Crippen molar-refractivity contribution in [2.24, 2.45) is 0 Å². The van der Waals surface area contributed by atoms with E-state index < -0.39 is 0 Å². The van der Waals surface area contributed by atoms with Crippen molar-refractivity contribution in [3.05, 3.63) is 18.0 Å². The number of hydrogen-bond acceptors (Lipinski definition) is 4.